The Morgan fingerprint density at radius 3 is 1.28 bits per heavy atom. The van der Waals surface area contributed by atoms with E-state index >= 15 is 0 Å². The van der Waals surface area contributed by atoms with Gasteiger partial charge < -0.3 is 9.97 Å². The SMILES string of the molecule is C#CCC(c1cc(-c2c3nc(c(-c4ccccc4)c4ccc([nH]4)c(-c4ccccc4)c4nc(c(-c5ccccc5)c5ccc2[nH]5)C=C4)C=C3)ccc1[N+](=O)[O-])S(=O)(=O)c1ccccc1. The van der Waals surface area contributed by atoms with E-state index in [0.717, 1.165) is 61.3 Å². The van der Waals surface area contributed by atoms with Gasteiger partial charge in [-0.3, -0.25) is 10.1 Å². The van der Waals surface area contributed by atoms with Gasteiger partial charge in [0.05, 0.1) is 32.6 Å². The Balaban J connectivity index is 1.34. The molecule has 8 aromatic rings. The highest BCUT2D eigenvalue weighted by Crippen LogP contribution is 2.42. The molecular weight excluding hydrogens is 815 g/mol. The number of aromatic nitrogens is 4. The molecule has 2 aliphatic rings. The lowest BCUT2D eigenvalue weighted by atomic mass is 9.98. The third kappa shape index (κ3) is 7.19. The molecule has 10 rings (SSSR count). The van der Waals surface area contributed by atoms with Crippen LogP contribution in [0, 0.1) is 22.5 Å². The van der Waals surface area contributed by atoms with E-state index in [1.54, 1.807) is 30.3 Å². The van der Waals surface area contributed by atoms with Crippen LogP contribution in [0.3, 0.4) is 0 Å². The summed E-state index contributed by atoms with van der Waals surface area (Å²) in [5, 5.41) is 11.3. The van der Waals surface area contributed by atoms with Gasteiger partial charge in [0.2, 0.25) is 0 Å². The van der Waals surface area contributed by atoms with Crippen molar-refractivity contribution in [1.82, 2.24) is 19.9 Å². The van der Waals surface area contributed by atoms with Crippen molar-refractivity contribution in [1.29, 1.82) is 0 Å². The number of sulfone groups is 1. The fraction of sp³-hybridized carbons (Fsp3) is 0.0370. The van der Waals surface area contributed by atoms with Gasteiger partial charge in [-0.15, -0.1) is 12.3 Å². The van der Waals surface area contributed by atoms with E-state index in [-0.39, 0.29) is 22.6 Å². The van der Waals surface area contributed by atoms with Crippen molar-refractivity contribution in [2.45, 2.75) is 16.6 Å². The molecule has 0 radical (unpaired) electrons. The lowest BCUT2D eigenvalue weighted by Gasteiger charge is -2.17. The summed E-state index contributed by atoms with van der Waals surface area (Å²) < 4.78 is 28.7. The zero-order valence-electron chi connectivity index (χ0n) is 34.1. The van der Waals surface area contributed by atoms with Crippen LogP contribution in [0.4, 0.5) is 5.69 Å². The van der Waals surface area contributed by atoms with Crippen molar-refractivity contribution in [2.75, 3.05) is 0 Å². The monoisotopic (exact) mass is 851 g/mol. The first-order valence-electron chi connectivity index (χ1n) is 20.6. The van der Waals surface area contributed by atoms with E-state index in [9.17, 15) is 18.5 Å². The second kappa shape index (κ2) is 16.5. The standard InChI is InChI=1S/C54H37N5O4S/c1-2-15-50(64(62,63)39-22-13-6-14-23-39)40-34-38(24-33-49(40)59(60)61)54-47-31-29-45(57-47)52(36-18-9-4-10-19-36)43-27-25-41(55-43)51(35-16-7-3-8-17-35)42-26-28-44(56-42)53(37-20-11-5-12-21-37)46-30-32-48(54)58-46/h1,3-14,16-34,50,55,58H,15H2. The number of nitro benzene ring substituents is 1. The highest BCUT2D eigenvalue weighted by atomic mass is 32.2. The molecule has 0 saturated carbocycles. The predicted octanol–water partition coefficient (Wildman–Crippen LogP) is 12.8. The molecule has 0 fully saturated rings. The number of H-pyrrole nitrogens is 2. The Kier molecular flexibility index (Phi) is 10.2. The molecule has 8 bridgehead atoms. The van der Waals surface area contributed by atoms with E-state index in [0.29, 0.717) is 28.0 Å². The van der Waals surface area contributed by atoms with Crippen molar-refractivity contribution < 1.29 is 13.3 Å². The van der Waals surface area contributed by atoms with Crippen molar-refractivity contribution in [3.8, 4) is 56.9 Å². The molecule has 1 atom stereocenters. The van der Waals surface area contributed by atoms with Crippen LogP contribution >= 0.6 is 0 Å². The molecule has 2 N–H and O–H groups in total. The molecule has 1 unspecified atom stereocenters. The fourth-order valence-corrected chi connectivity index (χ4v) is 10.3. The second-order valence-corrected chi connectivity index (χ2v) is 17.5. The van der Waals surface area contributed by atoms with Gasteiger partial charge in [0.15, 0.2) is 9.84 Å². The maximum atomic E-state index is 14.3. The van der Waals surface area contributed by atoms with Crippen molar-refractivity contribution >= 4 is 61.9 Å². The fourth-order valence-electron chi connectivity index (χ4n) is 8.64. The van der Waals surface area contributed by atoms with Crippen molar-refractivity contribution in [2.24, 2.45) is 0 Å². The molecule has 5 aromatic carbocycles. The quantitative estimate of drug-likeness (QED) is 0.0843. The Hall–Kier alpha value is -8.39. The van der Waals surface area contributed by atoms with Gasteiger partial charge in [-0.05, 0) is 95.1 Å². The van der Waals surface area contributed by atoms with Crippen molar-refractivity contribution in [3.63, 3.8) is 0 Å². The summed E-state index contributed by atoms with van der Waals surface area (Å²) in [6, 6.07) is 50.8. The molecule has 0 amide bonds. The van der Waals surface area contributed by atoms with Gasteiger partial charge in [-0.1, -0.05) is 109 Å². The molecule has 0 aliphatic carbocycles. The second-order valence-electron chi connectivity index (χ2n) is 15.4. The maximum absolute atomic E-state index is 14.3. The molecule has 9 nitrogen and oxygen atoms in total. The average molecular weight is 852 g/mol. The van der Waals surface area contributed by atoms with E-state index in [4.69, 9.17) is 16.4 Å². The number of terminal acetylenes is 1. The molecule has 3 aromatic heterocycles. The van der Waals surface area contributed by atoms with Crippen LogP contribution in [0.25, 0.3) is 90.9 Å². The number of benzene rings is 5. The third-order valence-electron chi connectivity index (χ3n) is 11.6. The van der Waals surface area contributed by atoms with Crippen LogP contribution in [-0.4, -0.2) is 33.3 Å². The summed E-state index contributed by atoms with van der Waals surface area (Å²) >= 11 is 0. The lowest BCUT2D eigenvalue weighted by Crippen LogP contribution is -2.15. The average Bonchev–Trinajstić information content (AvgIpc) is 4.18. The van der Waals surface area contributed by atoms with E-state index < -0.39 is 20.0 Å². The number of nitro groups is 1. The summed E-state index contributed by atoms with van der Waals surface area (Å²) in [5.41, 5.74) is 12.1. The summed E-state index contributed by atoms with van der Waals surface area (Å²) in [4.78, 5) is 30.3. The number of nitrogens with zero attached hydrogens (tertiary/aromatic N) is 3. The molecule has 0 spiro atoms. The summed E-state index contributed by atoms with van der Waals surface area (Å²) in [6.45, 7) is 0. The summed E-state index contributed by atoms with van der Waals surface area (Å²) in [6.07, 6.45) is 13.5. The van der Waals surface area contributed by atoms with Crippen LogP contribution in [0.2, 0.25) is 0 Å². The zero-order valence-corrected chi connectivity index (χ0v) is 35.0. The minimum atomic E-state index is -4.19. The van der Waals surface area contributed by atoms with Crippen LogP contribution in [0.1, 0.15) is 40.0 Å². The number of fused-ring (bicyclic) bond motifs is 8. The number of hydrogen-bond acceptors (Lipinski definition) is 6. The third-order valence-corrected chi connectivity index (χ3v) is 13.6. The summed E-state index contributed by atoms with van der Waals surface area (Å²) in [5.74, 6) is 2.49. The predicted molar refractivity (Wildman–Crippen MR) is 257 cm³/mol. The van der Waals surface area contributed by atoms with Gasteiger partial charge in [0, 0.05) is 62.4 Å². The van der Waals surface area contributed by atoms with E-state index in [2.05, 4.69) is 40.2 Å². The van der Waals surface area contributed by atoms with Gasteiger partial charge in [-0.2, -0.15) is 0 Å². The van der Waals surface area contributed by atoms with Gasteiger partial charge in [0.1, 0.15) is 5.25 Å². The Labute approximate surface area is 369 Å². The Morgan fingerprint density at radius 2 is 0.906 bits per heavy atom. The molecule has 0 saturated heterocycles. The molecule has 5 heterocycles. The topological polar surface area (TPSA) is 135 Å². The first kappa shape index (κ1) is 39.7. The van der Waals surface area contributed by atoms with Crippen molar-refractivity contribution in [3.05, 3.63) is 202 Å². The van der Waals surface area contributed by atoms with Crippen LogP contribution < -0.4 is 0 Å². The molecule has 2 aliphatic heterocycles. The normalized spacial score (nSPS) is 12.5. The first-order valence-corrected chi connectivity index (χ1v) is 22.2. The van der Waals surface area contributed by atoms with Crippen LogP contribution in [-0.2, 0) is 9.84 Å². The number of hydrogen-bond donors (Lipinski definition) is 2. The van der Waals surface area contributed by atoms with E-state index in [1.165, 1.54) is 18.2 Å². The molecular formula is C54H37N5O4S. The van der Waals surface area contributed by atoms with Gasteiger partial charge in [0.25, 0.3) is 5.69 Å². The highest BCUT2D eigenvalue weighted by molar-refractivity contribution is 7.91. The maximum Gasteiger partial charge on any atom is 0.273 e. The van der Waals surface area contributed by atoms with Gasteiger partial charge >= 0.3 is 0 Å². The van der Waals surface area contributed by atoms with Crippen LogP contribution in [0.5, 0.6) is 0 Å². The minimum absolute atomic E-state index is 0.0156. The first-order chi connectivity index (χ1) is 31.3. The van der Waals surface area contributed by atoms with Crippen LogP contribution in [0.15, 0.2) is 169 Å². The van der Waals surface area contributed by atoms with Gasteiger partial charge in [-0.25, -0.2) is 18.4 Å². The zero-order chi connectivity index (χ0) is 43.8. The minimum Gasteiger partial charge on any atom is -0.354 e. The Bertz CT molecular complexity index is 3480. The highest BCUT2D eigenvalue weighted by Gasteiger charge is 2.34. The molecule has 10 heteroatoms. The number of rotatable bonds is 9. The Morgan fingerprint density at radius 1 is 0.531 bits per heavy atom. The lowest BCUT2D eigenvalue weighted by molar-refractivity contribution is -0.385. The number of aromatic amines is 2. The smallest absolute Gasteiger partial charge is 0.273 e. The molecule has 64 heavy (non-hydrogen) atoms. The number of nitrogens with one attached hydrogen (secondary N) is 2. The molecule has 308 valence electrons. The largest absolute Gasteiger partial charge is 0.354 e. The van der Waals surface area contributed by atoms with E-state index in [1.807, 2.05) is 115 Å². The summed E-state index contributed by atoms with van der Waals surface area (Å²) in [7, 11) is -4.19.